The van der Waals surface area contributed by atoms with Crippen molar-refractivity contribution < 1.29 is 0 Å². The van der Waals surface area contributed by atoms with Crippen molar-refractivity contribution >= 4 is 0 Å². The van der Waals surface area contributed by atoms with Gasteiger partial charge in [0.05, 0.1) is 24.3 Å². The van der Waals surface area contributed by atoms with E-state index in [1.54, 1.807) is 0 Å². The Morgan fingerprint density at radius 1 is 1.64 bits per heavy atom. The van der Waals surface area contributed by atoms with Crippen LogP contribution in [0, 0.1) is 0 Å². The first-order valence-electron chi connectivity index (χ1n) is 4.99. The van der Waals surface area contributed by atoms with Gasteiger partial charge in [-0.3, -0.25) is 0 Å². The molecule has 1 N–H and O–H groups in total. The van der Waals surface area contributed by atoms with Crippen LogP contribution in [-0.2, 0) is 7.05 Å². The molecule has 0 saturated carbocycles. The highest BCUT2D eigenvalue weighted by atomic mass is 15.1. The van der Waals surface area contributed by atoms with Crippen LogP contribution in [0.5, 0.6) is 0 Å². The van der Waals surface area contributed by atoms with Crippen molar-refractivity contribution in [2.24, 2.45) is 7.05 Å². The van der Waals surface area contributed by atoms with Crippen molar-refractivity contribution in [1.29, 1.82) is 0 Å². The van der Waals surface area contributed by atoms with E-state index >= 15 is 0 Å². The normalized spacial score (nSPS) is 12.6. The maximum Gasteiger partial charge on any atom is 0.0946 e. The van der Waals surface area contributed by atoms with Gasteiger partial charge in [-0.1, -0.05) is 18.6 Å². The van der Waals surface area contributed by atoms with Crippen molar-refractivity contribution in [3.05, 3.63) is 29.9 Å². The van der Waals surface area contributed by atoms with E-state index in [2.05, 4.69) is 37.1 Å². The number of hydrogen-bond donors (Lipinski definition) is 1. The van der Waals surface area contributed by atoms with Crippen LogP contribution in [0.15, 0.2) is 24.2 Å². The van der Waals surface area contributed by atoms with Crippen LogP contribution in [0.2, 0.25) is 0 Å². The number of likely N-dealkylation sites (N-methyl/N-ethyl adjacent to an activating group) is 1. The molecule has 1 aromatic rings. The van der Waals surface area contributed by atoms with Gasteiger partial charge in [0.25, 0.3) is 0 Å². The molecule has 0 fully saturated rings. The lowest BCUT2D eigenvalue weighted by Crippen LogP contribution is -2.21. The van der Waals surface area contributed by atoms with Gasteiger partial charge >= 0.3 is 0 Å². The molecule has 0 saturated heterocycles. The van der Waals surface area contributed by atoms with Crippen molar-refractivity contribution in [3.63, 3.8) is 0 Å². The quantitative estimate of drug-likeness (QED) is 0.742. The number of aromatic nitrogens is 2. The molecule has 1 aromatic heterocycles. The summed E-state index contributed by atoms with van der Waals surface area (Å²) in [4.78, 5) is 4.13. The highest BCUT2D eigenvalue weighted by Gasteiger charge is 2.09. The van der Waals surface area contributed by atoms with Crippen molar-refractivity contribution in [3.8, 4) is 0 Å². The molecular weight excluding hydrogens is 174 g/mol. The summed E-state index contributed by atoms with van der Waals surface area (Å²) in [6, 6.07) is 0.275. The SMILES string of the molecule is CCNC(C=C(C)C)c1cncn1C. The number of rotatable bonds is 4. The Labute approximate surface area is 85.8 Å². The van der Waals surface area contributed by atoms with E-state index in [9.17, 15) is 0 Å². The van der Waals surface area contributed by atoms with Gasteiger partial charge in [-0.05, 0) is 20.4 Å². The number of imidazole rings is 1. The molecule has 1 unspecified atom stereocenters. The second kappa shape index (κ2) is 4.96. The summed E-state index contributed by atoms with van der Waals surface area (Å²) in [5.41, 5.74) is 2.52. The molecule has 3 nitrogen and oxygen atoms in total. The first kappa shape index (κ1) is 11.0. The fraction of sp³-hybridized carbons (Fsp3) is 0.545. The van der Waals surface area contributed by atoms with Crippen molar-refractivity contribution in [2.75, 3.05) is 6.54 Å². The Kier molecular flexibility index (Phi) is 3.89. The molecule has 14 heavy (non-hydrogen) atoms. The molecule has 1 heterocycles. The van der Waals surface area contributed by atoms with Crippen LogP contribution in [0.25, 0.3) is 0 Å². The molecule has 0 spiro atoms. The second-order valence-electron chi connectivity index (χ2n) is 3.71. The highest BCUT2D eigenvalue weighted by Crippen LogP contribution is 2.14. The van der Waals surface area contributed by atoms with Gasteiger partial charge in [0.1, 0.15) is 0 Å². The molecule has 0 bridgehead atoms. The minimum Gasteiger partial charge on any atom is -0.336 e. The topological polar surface area (TPSA) is 29.9 Å². The van der Waals surface area contributed by atoms with Crippen molar-refractivity contribution in [2.45, 2.75) is 26.8 Å². The lowest BCUT2D eigenvalue weighted by molar-refractivity contribution is 0.606. The molecule has 0 amide bonds. The zero-order chi connectivity index (χ0) is 10.6. The standard InChI is InChI=1S/C11H19N3/c1-5-13-10(6-9(2)3)11-7-12-8-14(11)4/h6-8,10,13H,5H2,1-4H3. The van der Waals surface area contributed by atoms with Gasteiger partial charge in [-0.15, -0.1) is 0 Å². The average Bonchev–Trinajstić information content (AvgIpc) is 2.50. The summed E-state index contributed by atoms with van der Waals surface area (Å²) >= 11 is 0. The van der Waals surface area contributed by atoms with Gasteiger partial charge in [-0.25, -0.2) is 4.98 Å². The van der Waals surface area contributed by atoms with E-state index < -0.39 is 0 Å². The molecule has 0 aliphatic rings. The van der Waals surface area contributed by atoms with Crippen LogP contribution in [0.1, 0.15) is 32.5 Å². The van der Waals surface area contributed by atoms with Gasteiger partial charge in [0.15, 0.2) is 0 Å². The van der Waals surface area contributed by atoms with Crippen LogP contribution < -0.4 is 5.32 Å². The Balaban J connectivity index is 2.88. The van der Waals surface area contributed by atoms with E-state index in [1.165, 1.54) is 11.3 Å². The predicted octanol–water partition coefficient (Wildman–Crippen LogP) is 2.04. The van der Waals surface area contributed by atoms with E-state index in [1.807, 2.05) is 24.1 Å². The van der Waals surface area contributed by atoms with E-state index in [4.69, 9.17) is 0 Å². The largest absolute Gasteiger partial charge is 0.336 e. The fourth-order valence-electron chi connectivity index (χ4n) is 1.47. The summed E-state index contributed by atoms with van der Waals surface area (Å²) in [7, 11) is 2.02. The molecule has 1 atom stereocenters. The third-order valence-corrected chi connectivity index (χ3v) is 2.10. The number of hydrogen-bond acceptors (Lipinski definition) is 2. The van der Waals surface area contributed by atoms with Crippen LogP contribution in [0.3, 0.4) is 0 Å². The minimum atomic E-state index is 0.275. The Bertz CT molecular complexity index is 308. The maximum absolute atomic E-state index is 4.13. The molecule has 78 valence electrons. The first-order chi connectivity index (χ1) is 6.65. The monoisotopic (exact) mass is 193 g/mol. The van der Waals surface area contributed by atoms with Gasteiger partial charge in [-0.2, -0.15) is 0 Å². The highest BCUT2D eigenvalue weighted by molar-refractivity contribution is 5.15. The minimum absolute atomic E-state index is 0.275. The zero-order valence-electron chi connectivity index (χ0n) is 9.41. The van der Waals surface area contributed by atoms with Crippen molar-refractivity contribution in [1.82, 2.24) is 14.9 Å². The molecule has 0 aromatic carbocycles. The number of allylic oxidation sites excluding steroid dienone is 1. The van der Waals surface area contributed by atoms with Crippen LogP contribution in [-0.4, -0.2) is 16.1 Å². The summed E-state index contributed by atoms with van der Waals surface area (Å²) in [5, 5.41) is 3.42. The molecule has 0 radical (unpaired) electrons. The third-order valence-electron chi connectivity index (χ3n) is 2.10. The van der Waals surface area contributed by atoms with E-state index in [0.717, 1.165) is 6.54 Å². The van der Waals surface area contributed by atoms with Crippen LogP contribution in [0.4, 0.5) is 0 Å². The third kappa shape index (κ3) is 2.70. The lowest BCUT2D eigenvalue weighted by Gasteiger charge is -2.14. The summed E-state index contributed by atoms with van der Waals surface area (Å²) in [5.74, 6) is 0. The fourth-order valence-corrected chi connectivity index (χ4v) is 1.47. The predicted molar refractivity (Wildman–Crippen MR) is 59.1 cm³/mol. The average molecular weight is 193 g/mol. The molecule has 1 rings (SSSR count). The maximum atomic E-state index is 4.13. The lowest BCUT2D eigenvalue weighted by atomic mass is 10.1. The summed E-state index contributed by atoms with van der Waals surface area (Å²) < 4.78 is 2.05. The Hall–Kier alpha value is -1.09. The van der Waals surface area contributed by atoms with Crippen LogP contribution >= 0.6 is 0 Å². The Morgan fingerprint density at radius 3 is 2.79 bits per heavy atom. The number of aryl methyl sites for hydroxylation is 1. The van der Waals surface area contributed by atoms with Gasteiger partial charge in [0.2, 0.25) is 0 Å². The number of nitrogens with zero attached hydrogens (tertiary/aromatic N) is 2. The van der Waals surface area contributed by atoms with E-state index in [0.29, 0.717) is 0 Å². The number of nitrogens with one attached hydrogen (secondary N) is 1. The molecule has 0 aliphatic carbocycles. The molecule has 3 heteroatoms. The smallest absolute Gasteiger partial charge is 0.0946 e. The first-order valence-corrected chi connectivity index (χ1v) is 4.99. The Morgan fingerprint density at radius 2 is 2.36 bits per heavy atom. The zero-order valence-corrected chi connectivity index (χ0v) is 9.41. The molecule has 0 aliphatic heterocycles. The van der Waals surface area contributed by atoms with Gasteiger partial charge in [0, 0.05) is 7.05 Å². The summed E-state index contributed by atoms with van der Waals surface area (Å²) in [6.07, 6.45) is 5.96. The summed E-state index contributed by atoms with van der Waals surface area (Å²) in [6.45, 7) is 7.29. The second-order valence-corrected chi connectivity index (χ2v) is 3.71. The molecular formula is C11H19N3. The van der Waals surface area contributed by atoms with E-state index in [-0.39, 0.29) is 6.04 Å². The van der Waals surface area contributed by atoms with Gasteiger partial charge < -0.3 is 9.88 Å².